The van der Waals surface area contributed by atoms with Gasteiger partial charge in [-0.1, -0.05) is 19.9 Å². The van der Waals surface area contributed by atoms with Crippen molar-refractivity contribution in [3.05, 3.63) is 29.5 Å². The van der Waals surface area contributed by atoms with Gasteiger partial charge in [-0.3, -0.25) is 4.79 Å². The second kappa shape index (κ2) is 6.22. The largest absolute Gasteiger partial charge is 0.490 e. The van der Waals surface area contributed by atoms with Crippen LogP contribution >= 0.6 is 0 Å². The van der Waals surface area contributed by atoms with Crippen molar-refractivity contribution in [1.82, 2.24) is 5.32 Å². The summed E-state index contributed by atoms with van der Waals surface area (Å²) in [6, 6.07) is 5.67. The van der Waals surface area contributed by atoms with Gasteiger partial charge in [0.1, 0.15) is 11.5 Å². The number of carbonyl (C=O) groups excluding carboxylic acids is 1. The first kappa shape index (κ1) is 14.6. The molecule has 116 valence electrons. The highest BCUT2D eigenvalue weighted by atomic mass is 16.5. The zero-order valence-electron chi connectivity index (χ0n) is 12.9. The van der Waals surface area contributed by atoms with Gasteiger partial charge in [0.25, 0.3) is 5.91 Å². The molecule has 0 saturated heterocycles. The molecule has 22 heavy (non-hydrogen) atoms. The van der Waals surface area contributed by atoms with Crippen LogP contribution in [0.1, 0.15) is 32.3 Å². The molecule has 1 aromatic carbocycles. The average molecular weight is 300 g/mol. The Morgan fingerprint density at radius 3 is 2.82 bits per heavy atom. The van der Waals surface area contributed by atoms with Gasteiger partial charge in [-0.2, -0.15) is 0 Å². The molecule has 0 fully saturated rings. The van der Waals surface area contributed by atoms with Crippen molar-refractivity contribution < 1.29 is 14.3 Å². The molecule has 1 N–H and O–H groups in total. The van der Waals surface area contributed by atoms with E-state index >= 15 is 0 Å². The van der Waals surface area contributed by atoms with Crippen molar-refractivity contribution in [2.24, 2.45) is 10.9 Å². The molecule has 5 nitrogen and oxygen atoms in total. The van der Waals surface area contributed by atoms with Crippen molar-refractivity contribution >= 4 is 17.8 Å². The number of hydrogen-bond donors (Lipinski definition) is 1. The molecule has 0 saturated carbocycles. The number of fused-ring (bicyclic) bond motifs is 1. The number of hydrogen-bond acceptors (Lipinski definition) is 4. The van der Waals surface area contributed by atoms with E-state index in [4.69, 9.17) is 9.47 Å². The minimum Gasteiger partial charge on any atom is -0.490 e. The fourth-order valence-corrected chi connectivity index (χ4v) is 2.43. The Bertz CT molecular complexity index is 647. The predicted octanol–water partition coefficient (Wildman–Crippen LogP) is 2.76. The molecule has 0 spiro atoms. The van der Waals surface area contributed by atoms with Gasteiger partial charge in [0, 0.05) is 12.8 Å². The molecule has 0 bridgehead atoms. The summed E-state index contributed by atoms with van der Waals surface area (Å²) in [5.41, 5.74) is 1.31. The van der Waals surface area contributed by atoms with Gasteiger partial charge in [0.05, 0.1) is 13.2 Å². The fourth-order valence-electron chi connectivity index (χ4n) is 2.43. The van der Waals surface area contributed by atoms with E-state index < -0.39 is 0 Å². The number of benzene rings is 1. The Hall–Kier alpha value is -2.30. The second-order valence-corrected chi connectivity index (χ2v) is 5.90. The Morgan fingerprint density at radius 2 is 2.05 bits per heavy atom. The average Bonchev–Trinajstić information content (AvgIpc) is 2.68. The van der Waals surface area contributed by atoms with Gasteiger partial charge >= 0.3 is 0 Å². The molecule has 3 rings (SSSR count). The van der Waals surface area contributed by atoms with Crippen LogP contribution < -0.4 is 14.8 Å². The molecular formula is C17H20N2O3. The third-order valence-electron chi connectivity index (χ3n) is 3.42. The Kier molecular flexibility index (Phi) is 4.13. The maximum atomic E-state index is 12.0. The zero-order chi connectivity index (χ0) is 15.5. The van der Waals surface area contributed by atoms with Crippen LogP contribution in [0.4, 0.5) is 0 Å². The highest BCUT2D eigenvalue weighted by molar-refractivity contribution is 6.14. The molecule has 5 heteroatoms. The highest BCUT2D eigenvalue weighted by Gasteiger charge is 2.20. The number of aliphatic imine (C=N–C) groups is 1. The van der Waals surface area contributed by atoms with Gasteiger partial charge in [-0.25, -0.2) is 4.99 Å². The van der Waals surface area contributed by atoms with Gasteiger partial charge in [-0.15, -0.1) is 0 Å². The van der Waals surface area contributed by atoms with E-state index in [0.717, 1.165) is 35.7 Å². The Balaban J connectivity index is 1.84. The lowest BCUT2D eigenvalue weighted by atomic mass is 10.1. The summed E-state index contributed by atoms with van der Waals surface area (Å²) in [5.74, 6) is 2.51. The lowest BCUT2D eigenvalue weighted by molar-refractivity contribution is -0.115. The number of amides is 1. The zero-order valence-corrected chi connectivity index (χ0v) is 12.9. The van der Waals surface area contributed by atoms with E-state index in [1.54, 1.807) is 6.08 Å². The predicted molar refractivity (Wildman–Crippen MR) is 85.1 cm³/mol. The number of ether oxygens (including phenoxy) is 2. The van der Waals surface area contributed by atoms with Crippen molar-refractivity contribution in [1.29, 1.82) is 0 Å². The summed E-state index contributed by atoms with van der Waals surface area (Å²) in [6.45, 7) is 5.50. The summed E-state index contributed by atoms with van der Waals surface area (Å²) in [6.07, 6.45) is 3.41. The van der Waals surface area contributed by atoms with Crippen LogP contribution in [0.5, 0.6) is 11.5 Å². The summed E-state index contributed by atoms with van der Waals surface area (Å²) < 4.78 is 11.3. The van der Waals surface area contributed by atoms with Gasteiger partial charge in [0.15, 0.2) is 11.5 Å². The number of nitrogens with one attached hydrogen (secondary N) is 1. The van der Waals surface area contributed by atoms with E-state index in [1.165, 1.54) is 0 Å². The number of nitrogens with zero attached hydrogens (tertiary/aromatic N) is 1. The summed E-state index contributed by atoms with van der Waals surface area (Å²) in [5, 5.41) is 2.81. The van der Waals surface area contributed by atoms with Crippen LogP contribution in [-0.2, 0) is 4.79 Å². The van der Waals surface area contributed by atoms with Crippen LogP contribution in [0.2, 0.25) is 0 Å². The van der Waals surface area contributed by atoms with Crippen molar-refractivity contribution in [3.63, 3.8) is 0 Å². The van der Waals surface area contributed by atoms with Gasteiger partial charge in [-0.05, 0) is 29.7 Å². The number of rotatable bonds is 3. The summed E-state index contributed by atoms with van der Waals surface area (Å²) in [7, 11) is 0. The third kappa shape index (κ3) is 3.30. The second-order valence-electron chi connectivity index (χ2n) is 5.90. The van der Waals surface area contributed by atoms with Crippen LogP contribution in [0.15, 0.2) is 28.9 Å². The molecule has 1 amide bonds. The van der Waals surface area contributed by atoms with Crippen LogP contribution in [0.25, 0.3) is 6.08 Å². The monoisotopic (exact) mass is 300 g/mol. The van der Waals surface area contributed by atoms with E-state index in [0.29, 0.717) is 24.8 Å². The first-order valence-corrected chi connectivity index (χ1v) is 7.62. The quantitative estimate of drug-likeness (QED) is 0.873. The molecular weight excluding hydrogens is 280 g/mol. The topological polar surface area (TPSA) is 59.9 Å². The van der Waals surface area contributed by atoms with Crippen molar-refractivity contribution in [3.8, 4) is 11.5 Å². The molecule has 2 heterocycles. The van der Waals surface area contributed by atoms with Crippen LogP contribution in [0, 0.1) is 5.92 Å². The number of carbonyl (C=O) groups is 1. The first-order chi connectivity index (χ1) is 10.6. The summed E-state index contributed by atoms with van der Waals surface area (Å²) in [4.78, 5) is 16.3. The lowest BCUT2D eigenvalue weighted by Gasteiger charge is -2.07. The minimum atomic E-state index is -0.150. The smallest absolute Gasteiger partial charge is 0.275 e. The van der Waals surface area contributed by atoms with Crippen LogP contribution in [0.3, 0.4) is 0 Å². The molecule has 2 aliphatic heterocycles. The fraction of sp³-hybridized carbons (Fsp3) is 0.412. The van der Waals surface area contributed by atoms with Crippen molar-refractivity contribution in [2.45, 2.75) is 26.7 Å². The molecule has 0 unspecified atom stereocenters. The highest BCUT2D eigenvalue weighted by Crippen LogP contribution is 2.31. The lowest BCUT2D eigenvalue weighted by Crippen LogP contribution is -2.24. The molecule has 0 atom stereocenters. The van der Waals surface area contributed by atoms with Crippen molar-refractivity contribution in [2.75, 3.05) is 13.2 Å². The van der Waals surface area contributed by atoms with E-state index in [-0.39, 0.29) is 5.91 Å². The SMILES string of the molecule is CC(C)CC1=N/C(=C/c2ccc3c(c2)OCCCO3)C(=O)N1. The minimum absolute atomic E-state index is 0.150. The van der Waals surface area contributed by atoms with E-state index in [1.807, 2.05) is 18.2 Å². The third-order valence-corrected chi connectivity index (χ3v) is 3.42. The molecule has 0 aromatic heterocycles. The standard InChI is InChI=1S/C17H20N2O3/c1-11(2)8-16-18-13(17(20)19-16)9-12-4-5-14-15(10-12)22-7-3-6-21-14/h4-5,9-11H,3,6-8H2,1-2H3,(H,18,19,20)/b13-9+. The molecule has 1 aromatic rings. The Morgan fingerprint density at radius 1 is 1.27 bits per heavy atom. The maximum absolute atomic E-state index is 12.0. The van der Waals surface area contributed by atoms with Gasteiger partial charge < -0.3 is 14.8 Å². The van der Waals surface area contributed by atoms with E-state index in [2.05, 4.69) is 24.2 Å². The maximum Gasteiger partial charge on any atom is 0.275 e. The molecule has 0 radical (unpaired) electrons. The first-order valence-electron chi connectivity index (χ1n) is 7.62. The summed E-state index contributed by atoms with van der Waals surface area (Å²) >= 11 is 0. The molecule has 0 aliphatic carbocycles. The normalized spacial score (nSPS) is 19.1. The number of amidine groups is 1. The Labute approximate surface area is 130 Å². The van der Waals surface area contributed by atoms with E-state index in [9.17, 15) is 4.79 Å². The van der Waals surface area contributed by atoms with Crippen LogP contribution in [-0.4, -0.2) is 25.0 Å². The van der Waals surface area contributed by atoms with Gasteiger partial charge in [0.2, 0.25) is 0 Å². The molecule has 2 aliphatic rings.